The molecule has 4 amide bonds. The van der Waals surface area contributed by atoms with Crippen molar-refractivity contribution < 1.29 is 19.1 Å². The van der Waals surface area contributed by atoms with Crippen LogP contribution in [-0.4, -0.2) is 85.2 Å². The summed E-state index contributed by atoms with van der Waals surface area (Å²) in [5.41, 5.74) is 1.68. The van der Waals surface area contributed by atoms with E-state index in [0.717, 1.165) is 0 Å². The highest BCUT2D eigenvalue weighted by Gasteiger charge is 2.37. The van der Waals surface area contributed by atoms with Crippen molar-refractivity contribution in [2.75, 3.05) is 46.4 Å². The Morgan fingerprint density at radius 2 is 1.94 bits per heavy atom. The average Bonchev–Trinajstić information content (AvgIpc) is 2.76. The molecule has 0 unspecified atom stereocenters. The molecule has 180 valence electrons. The first-order valence-electron chi connectivity index (χ1n) is 11.2. The zero-order chi connectivity index (χ0) is 24.1. The predicted octanol–water partition coefficient (Wildman–Crippen LogP) is 2.59. The molecule has 0 aromatic heterocycles. The normalized spacial score (nSPS) is 19.6. The molecular weight excluding hydrogens is 446 g/mol. The third kappa shape index (κ3) is 5.97. The highest BCUT2D eigenvalue weighted by Crippen LogP contribution is 2.32. The fourth-order valence-electron chi connectivity index (χ4n) is 3.99. The summed E-state index contributed by atoms with van der Waals surface area (Å²) in [6.45, 7) is 8.59. The van der Waals surface area contributed by atoms with Gasteiger partial charge in [0.1, 0.15) is 0 Å². The molecule has 1 aromatic carbocycles. The molecule has 1 aromatic rings. The fourth-order valence-corrected chi connectivity index (χ4v) is 4.19. The molecule has 0 bridgehead atoms. The number of esters is 1. The third-order valence-corrected chi connectivity index (χ3v) is 5.93. The van der Waals surface area contributed by atoms with E-state index in [9.17, 15) is 14.4 Å². The highest BCUT2D eigenvalue weighted by atomic mass is 35.5. The number of carbonyl (C=O) groups is 3. The first-order chi connectivity index (χ1) is 15.7. The van der Waals surface area contributed by atoms with E-state index in [1.165, 1.54) is 4.90 Å². The van der Waals surface area contributed by atoms with Gasteiger partial charge in [-0.1, -0.05) is 23.7 Å². The van der Waals surface area contributed by atoms with Crippen LogP contribution in [0.5, 0.6) is 0 Å². The lowest BCUT2D eigenvalue weighted by molar-refractivity contribution is -0.139. The summed E-state index contributed by atoms with van der Waals surface area (Å²) in [5, 5.41) is 6.32. The summed E-state index contributed by atoms with van der Waals surface area (Å²) in [4.78, 5) is 43.5. The Bertz CT molecular complexity index is 927. The molecule has 1 saturated heterocycles. The van der Waals surface area contributed by atoms with Crippen molar-refractivity contribution in [1.82, 2.24) is 25.3 Å². The number of nitrogens with one attached hydrogen (secondary N) is 2. The number of urea groups is 2. The maximum Gasteiger partial charge on any atom is 0.338 e. The minimum absolute atomic E-state index is 0.0747. The van der Waals surface area contributed by atoms with Gasteiger partial charge in [-0.15, -0.1) is 0 Å². The van der Waals surface area contributed by atoms with Gasteiger partial charge in [-0.05, 0) is 38.5 Å². The Morgan fingerprint density at radius 1 is 1.24 bits per heavy atom. The number of hydrogen-bond acceptors (Lipinski definition) is 5. The summed E-state index contributed by atoms with van der Waals surface area (Å²) >= 11 is 6.18. The molecule has 9 nitrogen and oxygen atoms in total. The standard InChI is InChI=1S/C23H32ClN5O4/c1-5-33-21(30)19-18(14-28-9-11-29(12-10-28)23(32)25-15(2)3)27(4)22(31)26-20(19)16-7-6-8-17(24)13-16/h6-8,13,15,20H,5,9-12,14H2,1-4H3,(H,25,32)(H,26,31)/t20-/m1/s1. The van der Waals surface area contributed by atoms with Gasteiger partial charge in [0.2, 0.25) is 0 Å². The lowest BCUT2D eigenvalue weighted by atomic mass is 9.94. The molecule has 2 N–H and O–H groups in total. The maximum absolute atomic E-state index is 13.0. The van der Waals surface area contributed by atoms with Crippen LogP contribution >= 0.6 is 11.6 Å². The fraction of sp³-hybridized carbons (Fsp3) is 0.522. The highest BCUT2D eigenvalue weighted by molar-refractivity contribution is 6.30. The first kappa shape index (κ1) is 24.9. The van der Waals surface area contributed by atoms with E-state index in [-0.39, 0.29) is 24.7 Å². The number of nitrogens with zero attached hydrogens (tertiary/aromatic N) is 3. The van der Waals surface area contributed by atoms with Gasteiger partial charge in [0.25, 0.3) is 0 Å². The van der Waals surface area contributed by atoms with E-state index in [1.807, 2.05) is 19.9 Å². The van der Waals surface area contributed by atoms with E-state index in [0.29, 0.717) is 54.6 Å². The van der Waals surface area contributed by atoms with Crippen molar-refractivity contribution in [2.45, 2.75) is 32.9 Å². The number of amides is 4. The number of ether oxygens (including phenoxy) is 1. The Kier molecular flexibility index (Phi) is 8.20. The molecule has 33 heavy (non-hydrogen) atoms. The van der Waals surface area contributed by atoms with Crippen LogP contribution in [0.4, 0.5) is 9.59 Å². The first-order valence-corrected chi connectivity index (χ1v) is 11.6. The largest absolute Gasteiger partial charge is 0.463 e. The monoisotopic (exact) mass is 477 g/mol. The minimum atomic E-state index is -0.667. The van der Waals surface area contributed by atoms with E-state index < -0.39 is 12.0 Å². The van der Waals surface area contributed by atoms with Crippen LogP contribution in [0.15, 0.2) is 35.5 Å². The number of likely N-dealkylation sites (N-methyl/N-ethyl adjacent to an activating group) is 1. The van der Waals surface area contributed by atoms with Gasteiger partial charge >= 0.3 is 18.0 Å². The summed E-state index contributed by atoms with van der Waals surface area (Å²) in [6, 6.07) is 6.11. The number of rotatable bonds is 6. The van der Waals surface area contributed by atoms with Gasteiger partial charge in [-0.2, -0.15) is 0 Å². The zero-order valence-corrected chi connectivity index (χ0v) is 20.3. The second kappa shape index (κ2) is 10.9. The number of hydrogen-bond donors (Lipinski definition) is 2. The average molecular weight is 478 g/mol. The van der Waals surface area contributed by atoms with Crippen molar-refractivity contribution in [1.29, 1.82) is 0 Å². The molecule has 2 aliphatic heterocycles. The molecular formula is C23H32ClN5O4. The number of benzene rings is 1. The summed E-state index contributed by atoms with van der Waals surface area (Å²) in [5.74, 6) is -0.473. The van der Waals surface area contributed by atoms with Crippen molar-refractivity contribution in [3.8, 4) is 0 Å². The second-order valence-corrected chi connectivity index (χ2v) is 8.88. The topological polar surface area (TPSA) is 94.2 Å². The van der Waals surface area contributed by atoms with Crippen molar-refractivity contribution in [3.63, 3.8) is 0 Å². The number of halogens is 1. The smallest absolute Gasteiger partial charge is 0.338 e. The van der Waals surface area contributed by atoms with Gasteiger partial charge in [0.05, 0.1) is 18.2 Å². The van der Waals surface area contributed by atoms with E-state index in [2.05, 4.69) is 15.5 Å². The maximum atomic E-state index is 13.0. The van der Waals surface area contributed by atoms with Crippen LogP contribution in [0.1, 0.15) is 32.4 Å². The van der Waals surface area contributed by atoms with Gasteiger partial charge in [-0.3, -0.25) is 9.80 Å². The van der Waals surface area contributed by atoms with Crippen LogP contribution in [0.25, 0.3) is 0 Å². The molecule has 0 spiro atoms. The number of piperazine rings is 1. The number of carbonyl (C=O) groups excluding carboxylic acids is 3. The summed E-state index contributed by atoms with van der Waals surface area (Å²) in [7, 11) is 1.64. The lowest BCUT2D eigenvalue weighted by Gasteiger charge is -2.39. The molecule has 1 atom stereocenters. The van der Waals surface area contributed by atoms with Crippen molar-refractivity contribution >= 4 is 29.6 Å². The zero-order valence-electron chi connectivity index (χ0n) is 19.6. The lowest BCUT2D eigenvalue weighted by Crippen LogP contribution is -2.55. The Morgan fingerprint density at radius 3 is 2.55 bits per heavy atom. The predicted molar refractivity (Wildman–Crippen MR) is 126 cm³/mol. The van der Waals surface area contributed by atoms with E-state index in [1.54, 1.807) is 37.1 Å². The van der Waals surface area contributed by atoms with E-state index >= 15 is 0 Å². The third-order valence-electron chi connectivity index (χ3n) is 5.70. The molecule has 2 heterocycles. The molecule has 0 aliphatic carbocycles. The molecule has 0 radical (unpaired) electrons. The van der Waals surface area contributed by atoms with Crippen LogP contribution < -0.4 is 10.6 Å². The minimum Gasteiger partial charge on any atom is -0.463 e. The van der Waals surface area contributed by atoms with Gasteiger partial charge in [-0.25, -0.2) is 14.4 Å². The molecule has 1 fully saturated rings. The van der Waals surface area contributed by atoms with Crippen LogP contribution in [0.3, 0.4) is 0 Å². The SMILES string of the molecule is CCOC(=O)C1=C(CN2CCN(C(=O)NC(C)C)CC2)N(C)C(=O)N[C@@H]1c1cccc(Cl)c1. The second-order valence-electron chi connectivity index (χ2n) is 8.44. The Labute approximate surface area is 199 Å². The Balaban J connectivity index is 1.87. The van der Waals surface area contributed by atoms with Crippen LogP contribution in [0, 0.1) is 0 Å². The van der Waals surface area contributed by atoms with E-state index in [4.69, 9.17) is 16.3 Å². The Hall–Kier alpha value is -2.78. The van der Waals surface area contributed by atoms with Crippen molar-refractivity contribution in [3.05, 3.63) is 46.1 Å². The van der Waals surface area contributed by atoms with Crippen LogP contribution in [-0.2, 0) is 9.53 Å². The molecule has 10 heteroatoms. The molecule has 3 rings (SSSR count). The molecule has 2 aliphatic rings. The van der Waals surface area contributed by atoms with Crippen molar-refractivity contribution in [2.24, 2.45) is 0 Å². The van der Waals surface area contributed by atoms with Gasteiger partial charge in [0.15, 0.2) is 0 Å². The quantitative estimate of drug-likeness (QED) is 0.614. The van der Waals surface area contributed by atoms with Gasteiger partial charge < -0.3 is 20.3 Å². The van der Waals surface area contributed by atoms with Crippen LogP contribution in [0.2, 0.25) is 5.02 Å². The summed E-state index contributed by atoms with van der Waals surface area (Å²) < 4.78 is 5.36. The van der Waals surface area contributed by atoms with Gasteiger partial charge in [0, 0.05) is 56.5 Å². The summed E-state index contributed by atoms with van der Waals surface area (Å²) in [6.07, 6.45) is 0. The molecule has 0 saturated carbocycles.